The third kappa shape index (κ3) is 8.08. The number of halogens is 1. The third-order valence-electron chi connectivity index (χ3n) is 4.31. The lowest BCUT2D eigenvalue weighted by Crippen LogP contribution is -2.63. The normalized spacial score (nSPS) is 14.1. The summed E-state index contributed by atoms with van der Waals surface area (Å²) >= 11 is 0. The van der Waals surface area contributed by atoms with Gasteiger partial charge in [0.05, 0.1) is 26.8 Å². The molecule has 2 N–H and O–H groups in total. The predicted octanol–water partition coefficient (Wildman–Crippen LogP) is 2.77. The Hall–Kier alpha value is -2.24. The molecule has 1 aromatic carbocycles. The largest absolute Gasteiger partial charge is 0.496 e. The van der Waals surface area contributed by atoms with Crippen molar-refractivity contribution in [1.82, 2.24) is 15.5 Å². The minimum atomic E-state index is -0.504. The highest BCUT2D eigenvalue weighted by atomic mass is 127. The van der Waals surface area contributed by atoms with Crippen molar-refractivity contribution in [2.45, 2.75) is 45.9 Å². The number of rotatable bonds is 6. The molecule has 1 aliphatic heterocycles. The maximum Gasteiger partial charge on any atom is 0.410 e. The second-order valence-electron chi connectivity index (χ2n) is 7.95. The summed E-state index contributed by atoms with van der Waals surface area (Å²) in [7, 11) is 2.84. The fourth-order valence-electron chi connectivity index (χ4n) is 2.84. The standard InChI is InChI=1S/C21H32N4O5.HI/c1-7-22-19(24-15-12-25(13-15)20(27)30-21(2,3)4)23-11-14-8-9-16(18(26)29-6)17(10-14)28-5;/h8-10,15H,7,11-13H2,1-6H3,(H2,22,23,24);1H. The van der Waals surface area contributed by atoms with Gasteiger partial charge >= 0.3 is 12.1 Å². The monoisotopic (exact) mass is 548 g/mol. The molecule has 0 atom stereocenters. The van der Waals surface area contributed by atoms with Gasteiger partial charge in [-0.3, -0.25) is 0 Å². The van der Waals surface area contributed by atoms with Gasteiger partial charge < -0.3 is 29.7 Å². The van der Waals surface area contributed by atoms with Gasteiger partial charge in [-0.25, -0.2) is 14.6 Å². The molecular weight excluding hydrogens is 515 g/mol. The summed E-state index contributed by atoms with van der Waals surface area (Å²) in [5.41, 5.74) is 0.756. The van der Waals surface area contributed by atoms with Gasteiger partial charge in [0.15, 0.2) is 5.96 Å². The van der Waals surface area contributed by atoms with Gasteiger partial charge in [-0.05, 0) is 45.4 Å². The highest BCUT2D eigenvalue weighted by Crippen LogP contribution is 2.21. The summed E-state index contributed by atoms with van der Waals surface area (Å²) in [6.45, 7) is 9.75. The van der Waals surface area contributed by atoms with Gasteiger partial charge in [-0.15, -0.1) is 24.0 Å². The average Bonchev–Trinajstić information content (AvgIpc) is 2.65. The van der Waals surface area contributed by atoms with Crippen molar-refractivity contribution in [3.05, 3.63) is 29.3 Å². The number of amides is 1. The number of hydrogen-bond donors (Lipinski definition) is 2. The van der Waals surface area contributed by atoms with Crippen LogP contribution in [0, 0.1) is 0 Å². The minimum absolute atomic E-state index is 0. The van der Waals surface area contributed by atoms with Gasteiger partial charge in [0.1, 0.15) is 16.9 Å². The Kier molecular flexibility index (Phi) is 10.3. The van der Waals surface area contributed by atoms with Gasteiger partial charge in [-0.2, -0.15) is 0 Å². The lowest BCUT2D eigenvalue weighted by Gasteiger charge is -2.40. The summed E-state index contributed by atoms with van der Waals surface area (Å²) < 4.78 is 15.4. The van der Waals surface area contributed by atoms with Gasteiger partial charge in [0, 0.05) is 19.6 Å². The Balaban J connectivity index is 0.00000480. The minimum Gasteiger partial charge on any atom is -0.496 e. The lowest BCUT2D eigenvalue weighted by atomic mass is 10.1. The van der Waals surface area contributed by atoms with E-state index in [1.807, 2.05) is 33.8 Å². The number of ether oxygens (including phenoxy) is 3. The van der Waals surface area contributed by atoms with Crippen LogP contribution in [0.1, 0.15) is 43.6 Å². The number of aliphatic imine (C=N–C) groups is 1. The maximum atomic E-state index is 12.1. The van der Waals surface area contributed by atoms with E-state index < -0.39 is 11.6 Å². The van der Waals surface area contributed by atoms with Crippen LogP contribution in [0.15, 0.2) is 23.2 Å². The number of benzene rings is 1. The highest BCUT2D eigenvalue weighted by Gasteiger charge is 2.34. The van der Waals surface area contributed by atoms with Crippen molar-refractivity contribution in [2.75, 3.05) is 33.9 Å². The van der Waals surface area contributed by atoms with Crippen molar-refractivity contribution in [3.8, 4) is 5.75 Å². The molecule has 0 aliphatic carbocycles. The van der Waals surface area contributed by atoms with E-state index in [2.05, 4.69) is 15.6 Å². The SMILES string of the molecule is CCNC(=NCc1ccc(C(=O)OC)c(OC)c1)NC1CN(C(=O)OC(C)(C)C)C1.I. The third-order valence-corrected chi connectivity index (χ3v) is 4.31. The van der Waals surface area contributed by atoms with E-state index in [4.69, 9.17) is 14.2 Å². The molecule has 0 unspecified atom stereocenters. The summed E-state index contributed by atoms with van der Waals surface area (Å²) in [6, 6.07) is 5.36. The van der Waals surface area contributed by atoms with E-state index in [9.17, 15) is 9.59 Å². The summed E-state index contributed by atoms with van der Waals surface area (Å²) in [6.07, 6.45) is -0.305. The molecule has 174 valence electrons. The molecule has 0 aromatic heterocycles. The maximum absolute atomic E-state index is 12.1. The number of carbonyl (C=O) groups excluding carboxylic acids is 2. The highest BCUT2D eigenvalue weighted by molar-refractivity contribution is 14.0. The molecule has 1 fully saturated rings. The predicted molar refractivity (Wildman–Crippen MR) is 129 cm³/mol. The molecule has 1 amide bonds. The van der Waals surface area contributed by atoms with Gasteiger partial charge in [0.25, 0.3) is 0 Å². The average molecular weight is 548 g/mol. The van der Waals surface area contributed by atoms with Crippen LogP contribution >= 0.6 is 24.0 Å². The molecule has 0 saturated carbocycles. The first-order chi connectivity index (χ1) is 14.2. The van der Waals surface area contributed by atoms with Crippen molar-refractivity contribution in [3.63, 3.8) is 0 Å². The van der Waals surface area contributed by atoms with E-state index in [0.717, 1.165) is 5.56 Å². The van der Waals surface area contributed by atoms with Crippen LogP contribution in [0.25, 0.3) is 0 Å². The molecule has 1 aromatic rings. The summed E-state index contributed by atoms with van der Waals surface area (Å²) in [5, 5.41) is 6.52. The Morgan fingerprint density at radius 1 is 1.23 bits per heavy atom. The Bertz CT molecular complexity index is 788. The van der Waals surface area contributed by atoms with Crippen molar-refractivity contribution in [2.24, 2.45) is 4.99 Å². The van der Waals surface area contributed by atoms with Crippen molar-refractivity contribution >= 4 is 42.0 Å². The zero-order valence-corrected chi connectivity index (χ0v) is 21.3. The van der Waals surface area contributed by atoms with E-state index in [1.54, 1.807) is 17.0 Å². The van der Waals surface area contributed by atoms with Crippen molar-refractivity contribution < 1.29 is 23.8 Å². The van der Waals surface area contributed by atoms with E-state index in [1.165, 1.54) is 14.2 Å². The fourth-order valence-corrected chi connectivity index (χ4v) is 2.84. The summed E-state index contributed by atoms with van der Waals surface area (Å²) in [5.74, 6) is 0.651. The molecular formula is C21H33IN4O5. The van der Waals surface area contributed by atoms with Crippen LogP contribution in [-0.4, -0.2) is 68.4 Å². The van der Waals surface area contributed by atoms with Crippen LogP contribution < -0.4 is 15.4 Å². The number of carbonyl (C=O) groups is 2. The number of likely N-dealkylation sites (tertiary alicyclic amines) is 1. The zero-order valence-electron chi connectivity index (χ0n) is 19.0. The Labute approximate surface area is 200 Å². The summed E-state index contributed by atoms with van der Waals surface area (Å²) in [4.78, 5) is 30.1. The molecule has 10 heteroatoms. The Morgan fingerprint density at radius 2 is 1.90 bits per heavy atom. The number of nitrogens with one attached hydrogen (secondary N) is 2. The topological polar surface area (TPSA) is 101 Å². The van der Waals surface area contributed by atoms with E-state index in [0.29, 0.717) is 43.5 Å². The van der Waals surface area contributed by atoms with Crippen LogP contribution in [0.2, 0.25) is 0 Å². The molecule has 0 bridgehead atoms. The second kappa shape index (κ2) is 12.0. The Morgan fingerprint density at radius 3 is 2.45 bits per heavy atom. The molecule has 1 heterocycles. The molecule has 2 rings (SSSR count). The molecule has 31 heavy (non-hydrogen) atoms. The van der Waals surface area contributed by atoms with E-state index >= 15 is 0 Å². The first-order valence-corrected chi connectivity index (χ1v) is 9.94. The first-order valence-electron chi connectivity index (χ1n) is 9.94. The number of hydrogen-bond acceptors (Lipinski definition) is 6. The van der Waals surface area contributed by atoms with Crippen LogP contribution in [0.4, 0.5) is 4.79 Å². The number of nitrogens with zero attached hydrogens (tertiary/aromatic N) is 2. The van der Waals surface area contributed by atoms with Crippen LogP contribution in [0.5, 0.6) is 5.75 Å². The number of esters is 1. The number of guanidine groups is 1. The van der Waals surface area contributed by atoms with E-state index in [-0.39, 0.29) is 36.1 Å². The second-order valence-corrected chi connectivity index (χ2v) is 7.95. The molecule has 0 spiro atoms. The fraction of sp³-hybridized carbons (Fsp3) is 0.571. The van der Waals surface area contributed by atoms with Gasteiger partial charge in [0.2, 0.25) is 0 Å². The van der Waals surface area contributed by atoms with Crippen molar-refractivity contribution in [1.29, 1.82) is 0 Å². The molecule has 9 nitrogen and oxygen atoms in total. The molecule has 0 radical (unpaired) electrons. The lowest BCUT2D eigenvalue weighted by molar-refractivity contribution is 0.00699. The molecule has 1 aliphatic rings. The number of methoxy groups -OCH3 is 2. The quantitative estimate of drug-likeness (QED) is 0.244. The molecule has 1 saturated heterocycles. The smallest absolute Gasteiger partial charge is 0.410 e. The first kappa shape index (κ1) is 26.8. The zero-order chi connectivity index (χ0) is 22.3. The van der Waals surface area contributed by atoms with Gasteiger partial charge in [-0.1, -0.05) is 6.07 Å². The van der Waals surface area contributed by atoms with Crippen LogP contribution in [-0.2, 0) is 16.0 Å². The van der Waals surface area contributed by atoms with Crippen LogP contribution in [0.3, 0.4) is 0 Å².